The molecule has 2 N–H and O–H groups in total. The third kappa shape index (κ3) is 2.09. The van der Waals surface area contributed by atoms with Crippen LogP contribution in [0.5, 0.6) is 0 Å². The largest absolute Gasteiger partial charge is 0.399 e. The Bertz CT molecular complexity index is 338. The minimum absolute atomic E-state index is 0.545. The second kappa shape index (κ2) is 4.13. The van der Waals surface area contributed by atoms with Crippen molar-refractivity contribution in [3.05, 3.63) is 23.8 Å². The van der Waals surface area contributed by atoms with Gasteiger partial charge in [-0.2, -0.15) is 0 Å². The van der Waals surface area contributed by atoms with Gasteiger partial charge < -0.3 is 10.6 Å². The summed E-state index contributed by atoms with van der Waals surface area (Å²) in [5.74, 6) is 0.545. The number of benzene rings is 1. The molecule has 0 unspecified atom stereocenters. The normalized spacial score (nSPS) is 16.3. The lowest BCUT2D eigenvalue weighted by atomic mass is 10.00. The first kappa shape index (κ1) is 10.3. The van der Waals surface area contributed by atoms with E-state index in [-0.39, 0.29) is 0 Å². The number of nitrogens with zero attached hydrogens (tertiary/aromatic N) is 1. The molecule has 0 saturated carbocycles. The molecule has 1 saturated heterocycles. The van der Waals surface area contributed by atoms with Crippen LogP contribution in [-0.4, -0.2) is 13.1 Å². The highest BCUT2D eigenvalue weighted by molar-refractivity contribution is 5.61. The summed E-state index contributed by atoms with van der Waals surface area (Å²) in [5.41, 5.74) is 9.49. The minimum atomic E-state index is 0.545. The molecule has 0 atom stereocenters. The van der Waals surface area contributed by atoms with E-state index in [0.717, 1.165) is 5.69 Å². The zero-order valence-corrected chi connectivity index (χ0v) is 9.66. The van der Waals surface area contributed by atoms with Crippen molar-refractivity contribution < 1.29 is 0 Å². The van der Waals surface area contributed by atoms with E-state index >= 15 is 0 Å². The maximum Gasteiger partial charge on any atom is 0.0402 e. The molecular weight excluding hydrogens is 184 g/mol. The Labute approximate surface area is 92.1 Å². The SMILES string of the molecule is CC(C)c1cc(N)ccc1N1CCCC1. The Morgan fingerprint density at radius 1 is 1.20 bits per heavy atom. The molecule has 1 fully saturated rings. The highest BCUT2D eigenvalue weighted by Crippen LogP contribution is 2.31. The summed E-state index contributed by atoms with van der Waals surface area (Å²) in [6.45, 7) is 6.86. The Morgan fingerprint density at radius 2 is 1.87 bits per heavy atom. The Balaban J connectivity index is 2.36. The number of hydrogen-bond acceptors (Lipinski definition) is 2. The quantitative estimate of drug-likeness (QED) is 0.750. The van der Waals surface area contributed by atoms with Gasteiger partial charge in [-0.1, -0.05) is 13.8 Å². The molecule has 1 aromatic rings. The molecule has 2 heteroatoms. The van der Waals surface area contributed by atoms with E-state index in [2.05, 4.69) is 30.9 Å². The molecule has 1 aliphatic heterocycles. The van der Waals surface area contributed by atoms with Crippen LogP contribution in [0.4, 0.5) is 11.4 Å². The molecule has 15 heavy (non-hydrogen) atoms. The molecular formula is C13H20N2. The lowest BCUT2D eigenvalue weighted by molar-refractivity contribution is 0.846. The van der Waals surface area contributed by atoms with E-state index in [1.165, 1.54) is 37.2 Å². The summed E-state index contributed by atoms with van der Waals surface area (Å²) < 4.78 is 0. The second-order valence-corrected chi connectivity index (χ2v) is 4.67. The van der Waals surface area contributed by atoms with Crippen molar-refractivity contribution in [3.8, 4) is 0 Å². The summed E-state index contributed by atoms with van der Waals surface area (Å²) in [4.78, 5) is 2.48. The number of hydrogen-bond donors (Lipinski definition) is 1. The van der Waals surface area contributed by atoms with Crippen molar-refractivity contribution in [3.63, 3.8) is 0 Å². The lowest BCUT2D eigenvalue weighted by Gasteiger charge is -2.23. The summed E-state index contributed by atoms with van der Waals surface area (Å²) in [6.07, 6.45) is 2.64. The predicted molar refractivity (Wildman–Crippen MR) is 66.4 cm³/mol. The molecule has 0 aliphatic carbocycles. The van der Waals surface area contributed by atoms with Crippen LogP contribution in [0.25, 0.3) is 0 Å². The van der Waals surface area contributed by atoms with E-state index in [1.54, 1.807) is 0 Å². The first-order chi connectivity index (χ1) is 7.18. The zero-order valence-electron chi connectivity index (χ0n) is 9.66. The maximum absolute atomic E-state index is 5.85. The van der Waals surface area contributed by atoms with Crippen molar-refractivity contribution in [1.29, 1.82) is 0 Å². The van der Waals surface area contributed by atoms with Gasteiger partial charge in [0, 0.05) is 24.5 Å². The van der Waals surface area contributed by atoms with E-state index < -0.39 is 0 Å². The van der Waals surface area contributed by atoms with Crippen LogP contribution in [0.3, 0.4) is 0 Å². The minimum Gasteiger partial charge on any atom is -0.399 e. The van der Waals surface area contributed by atoms with Gasteiger partial charge in [-0.3, -0.25) is 0 Å². The molecule has 2 nitrogen and oxygen atoms in total. The molecule has 0 amide bonds. The smallest absolute Gasteiger partial charge is 0.0402 e. The third-order valence-electron chi connectivity index (χ3n) is 3.12. The fraction of sp³-hybridized carbons (Fsp3) is 0.538. The van der Waals surface area contributed by atoms with Gasteiger partial charge in [-0.05, 0) is 42.5 Å². The molecule has 1 heterocycles. The van der Waals surface area contributed by atoms with Gasteiger partial charge >= 0.3 is 0 Å². The summed E-state index contributed by atoms with van der Waals surface area (Å²) in [6, 6.07) is 6.31. The summed E-state index contributed by atoms with van der Waals surface area (Å²) >= 11 is 0. The number of nitrogen functional groups attached to an aromatic ring is 1. The van der Waals surface area contributed by atoms with Crippen molar-refractivity contribution in [2.75, 3.05) is 23.7 Å². The monoisotopic (exact) mass is 204 g/mol. The van der Waals surface area contributed by atoms with Crippen LogP contribution >= 0.6 is 0 Å². The third-order valence-corrected chi connectivity index (χ3v) is 3.12. The van der Waals surface area contributed by atoms with Crippen LogP contribution in [0.1, 0.15) is 38.2 Å². The van der Waals surface area contributed by atoms with Gasteiger partial charge in [0.2, 0.25) is 0 Å². The van der Waals surface area contributed by atoms with Crippen LogP contribution in [-0.2, 0) is 0 Å². The average molecular weight is 204 g/mol. The van der Waals surface area contributed by atoms with E-state index in [4.69, 9.17) is 5.73 Å². The van der Waals surface area contributed by atoms with Gasteiger partial charge in [0.15, 0.2) is 0 Å². The first-order valence-corrected chi connectivity index (χ1v) is 5.83. The fourth-order valence-electron chi connectivity index (χ4n) is 2.28. The molecule has 1 aliphatic rings. The molecule has 0 bridgehead atoms. The van der Waals surface area contributed by atoms with E-state index in [0.29, 0.717) is 5.92 Å². The van der Waals surface area contributed by atoms with Crippen molar-refractivity contribution in [2.45, 2.75) is 32.6 Å². The fourth-order valence-corrected chi connectivity index (χ4v) is 2.28. The average Bonchev–Trinajstić information content (AvgIpc) is 2.70. The molecule has 2 rings (SSSR count). The van der Waals surface area contributed by atoms with E-state index in [1.807, 2.05) is 6.07 Å². The predicted octanol–water partition coefficient (Wildman–Crippen LogP) is 2.99. The molecule has 82 valence electrons. The van der Waals surface area contributed by atoms with Crippen LogP contribution in [0.15, 0.2) is 18.2 Å². The molecule has 0 radical (unpaired) electrons. The first-order valence-electron chi connectivity index (χ1n) is 5.83. The molecule has 1 aromatic carbocycles. The highest BCUT2D eigenvalue weighted by atomic mass is 15.1. The zero-order chi connectivity index (χ0) is 10.8. The summed E-state index contributed by atoms with van der Waals surface area (Å²) in [7, 11) is 0. The second-order valence-electron chi connectivity index (χ2n) is 4.67. The van der Waals surface area contributed by atoms with Crippen molar-refractivity contribution in [1.82, 2.24) is 0 Å². The maximum atomic E-state index is 5.85. The van der Waals surface area contributed by atoms with Crippen LogP contribution < -0.4 is 10.6 Å². The number of nitrogens with two attached hydrogens (primary N) is 1. The summed E-state index contributed by atoms with van der Waals surface area (Å²) in [5, 5.41) is 0. The van der Waals surface area contributed by atoms with Gasteiger partial charge in [0.05, 0.1) is 0 Å². The van der Waals surface area contributed by atoms with Crippen LogP contribution in [0, 0.1) is 0 Å². The van der Waals surface area contributed by atoms with Crippen molar-refractivity contribution >= 4 is 11.4 Å². The van der Waals surface area contributed by atoms with Crippen molar-refractivity contribution in [2.24, 2.45) is 0 Å². The van der Waals surface area contributed by atoms with Gasteiger partial charge in [0.25, 0.3) is 0 Å². The lowest BCUT2D eigenvalue weighted by Crippen LogP contribution is -2.19. The van der Waals surface area contributed by atoms with Gasteiger partial charge in [-0.25, -0.2) is 0 Å². The Morgan fingerprint density at radius 3 is 2.47 bits per heavy atom. The number of anilines is 2. The van der Waals surface area contributed by atoms with Crippen LogP contribution in [0.2, 0.25) is 0 Å². The molecule has 0 aromatic heterocycles. The highest BCUT2D eigenvalue weighted by Gasteiger charge is 2.16. The Kier molecular flexibility index (Phi) is 2.85. The number of rotatable bonds is 2. The van der Waals surface area contributed by atoms with Gasteiger partial charge in [0.1, 0.15) is 0 Å². The van der Waals surface area contributed by atoms with E-state index in [9.17, 15) is 0 Å². The standard InChI is InChI=1S/C13H20N2/c1-10(2)12-9-11(14)5-6-13(12)15-7-3-4-8-15/h5-6,9-10H,3-4,7-8,14H2,1-2H3. The van der Waals surface area contributed by atoms with Gasteiger partial charge in [-0.15, -0.1) is 0 Å². The molecule has 0 spiro atoms. The topological polar surface area (TPSA) is 29.3 Å². The Hall–Kier alpha value is -1.18.